The van der Waals surface area contributed by atoms with Gasteiger partial charge < -0.3 is 10.4 Å². The highest BCUT2D eigenvalue weighted by atomic mass is 16.3. The van der Waals surface area contributed by atoms with Crippen LogP contribution in [0.5, 0.6) is 0 Å². The topological polar surface area (TPSA) is 32.3 Å². The highest BCUT2D eigenvalue weighted by molar-refractivity contribution is 4.78. The Morgan fingerprint density at radius 3 is 2.42 bits per heavy atom. The molecule has 2 heteroatoms. The fraction of sp³-hybridized carbons (Fsp3) is 1.00. The van der Waals surface area contributed by atoms with Gasteiger partial charge in [0.2, 0.25) is 0 Å². The highest BCUT2D eigenvalue weighted by Gasteiger charge is 2.19. The van der Waals surface area contributed by atoms with E-state index < -0.39 is 0 Å². The lowest BCUT2D eigenvalue weighted by Gasteiger charge is -2.23. The van der Waals surface area contributed by atoms with Gasteiger partial charge in [0.1, 0.15) is 0 Å². The maximum Gasteiger partial charge on any atom is 0.0471 e. The van der Waals surface area contributed by atoms with Crippen molar-refractivity contribution in [3.8, 4) is 0 Å². The highest BCUT2D eigenvalue weighted by Crippen LogP contribution is 2.19. The second-order valence-electron chi connectivity index (χ2n) is 4.10. The molecule has 2 atom stereocenters. The second kappa shape index (κ2) is 4.83. The van der Waals surface area contributed by atoms with Crippen LogP contribution >= 0.6 is 0 Å². The number of aliphatic hydroxyl groups excluding tert-OH is 1. The van der Waals surface area contributed by atoms with E-state index in [1.807, 2.05) is 0 Å². The van der Waals surface area contributed by atoms with Crippen molar-refractivity contribution in [3.63, 3.8) is 0 Å². The van der Waals surface area contributed by atoms with E-state index in [4.69, 9.17) is 5.11 Å². The Balaban J connectivity index is 2.19. The molecule has 0 aliphatic heterocycles. The van der Waals surface area contributed by atoms with Crippen LogP contribution in [0.15, 0.2) is 0 Å². The van der Waals surface area contributed by atoms with Gasteiger partial charge in [-0.3, -0.25) is 0 Å². The molecule has 0 radical (unpaired) electrons. The van der Waals surface area contributed by atoms with Gasteiger partial charge in [-0.05, 0) is 25.7 Å². The average molecular weight is 171 g/mol. The summed E-state index contributed by atoms with van der Waals surface area (Å²) in [4.78, 5) is 0. The number of hydrogen-bond acceptors (Lipinski definition) is 2. The molecular weight excluding hydrogens is 150 g/mol. The number of rotatable bonds is 4. The van der Waals surface area contributed by atoms with E-state index in [0.717, 1.165) is 0 Å². The van der Waals surface area contributed by atoms with E-state index in [9.17, 15) is 0 Å². The molecule has 1 aliphatic carbocycles. The number of nitrogens with one attached hydrogen (secondary N) is 1. The van der Waals surface area contributed by atoms with Crippen LogP contribution in [0.2, 0.25) is 0 Å². The van der Waals surface area contributed by atoms with Crippen molar-refractivity contribution >= 4 is 0 Å². The van der Waals surface area contributed by atoms with Gasteiger partial charge >= 0.3 is 0 Å². The summed E-state index contributed by atoms with van der Waals surface area (Å²) in [5.74, 6) is 0.380. The molecule has 0 aromatic carbocycles. The smallest absolute Gasteiger partial charge is 0.0471 e. The Morgan fingerprint density at radius 2 is 1.92 bits per heavy atom. The molecule has 1 saturated carbocycles. The molecule has 0 bridgehead atoms. The molecule has 0 saturated heterocycles. The van der Waals surface area contributed by atoms with Crippen LogP contribution in [-0.2, 0) is 0 Å². The van der Waals surface area contributed by atoms with Crippen molar-refractivity contribution in [3.05, 3.63) is 0 Å². The Bertz CT molecular complexity index is 121. The third kappa shape index (κ3) is 2.76. The molecule has 2 N–H and O–H groups in total. The molecule has 72 valence electrons. The predicted octanol–water partition coefficient (Wildman–Crippen LogP) is 1.54. The SMILES string of the molecule is CC(CO)C(C)NC1CCCC1. The van der Waals surface area contributed by atoms with Gasteiger partial charge in [-0.25, -0.2) is 0 Å². The fourth-order valence-corrected chi connectivity index (χ4v) is 1.79. The largest absolute Gasteiger partial charge is 0.396 e. The summed E-state index contributed by atoms with van der Waals surface area (Å²) in [6.07, 6.45) is 5.39. The molecule has 2 nitrogen and oxygen atoms in total. The minimum atomic E-state index is 0.293. The van der Waals surface area contributed by atoms with Crippen LogP contribution in [0, 0.1) is 5.92 Å². The Kier molecular flexibility index (Phi) is 4.02. The molecule has 1 aliphatic rings. The zero-order valence-corrected chi connectivity index (χ0v) is 8.21. The molecular formula is C10H21NO. The predicted molar refractivity (Wildman–Crippen MR) is 51.1 cm³/mol. The van der Waals surface area contributed by atoms with Crippen LogP contribution in [0.4, 0.5) is 0 Å². The van der Waals surface area contributed by atoms with Crippen molar-refractivity contribution in [1.29, 1.82) is 0 Å². The minimum Gasteiger partial charge on any atom is -0.396 e. The van der Waals surface area contributed by atoms with E-state index in [1.165, 1.54) is 25.7 Å². The van der Waals surface area contributed by atoms with Crippen LogP contribution < -0.4 is 5.32 Å². The van der Waals surface area contributed by atoms with Crippen LogP contribution in [-0.4, -0.2) is 23.8 Å². The summed E-state index contributed by atoms with van der Waals surface area (Å²) in [5, 5.41) is 12.5. The quantitative estimate of drug-likeness (QED) is 0.672. The van der Waals surface area contributed by atoms with Crippen molar-refractivity contribution < 1.29 is 5.11 Å². The molecule has 1 fully saturated rings. The van der Waals surface area contributed by atoms with E-state index in [0.29, 0.717) is 24.6 Å². The van der Waals surface area contributed by atoms with Crippen molar-refractivity contribution in [2.24, 2.45) is 5.92 Å². The normalized spacial score (nSPS) is 24.2. The zero-order valence-electron chi connectivity index (χ0n) is 8.21. The summed E-state index contributed by atoms with van der Waals surface area (Å²) >= 11 is 0. The lowest BCUT2D eigenvalue weighted by atomic mass is 10.0. The molecule has 1 rings (SSSR count). The van der Waals surface area contributed by atoms with E-state index >= 15 is 0 Å². The fourth-order valence-electron chi connectivity index (χ4n) is 1.79. The lowest BCUT2D eigenvalue weighted by Crippen LogP contribution is -2.39. The van der Waals surface area contributed by atoms with Crippen molar-refractivity contribution in [2.45, 2.75) is 51.6 Å². The van der Waals surface area contributed by atoms with Gasteiger partial charge in [0.05, 0.1) is 0 Å². The second-order valence-corrected chi connectivity index (χ2v) is 4.10. The molecule has 2 unspecified atom stereocenters. The Morgan fingerprint density at radius 1 is 1.33 bits per heavy atom. The van der Waals surface area contributed by atoms with E-state index in [2.05, 4.69) is 19.2 Å². The molecule has 0 heterocycles. The summed E-state index contributed by atoms with van der Waals surface area (Å²) in [6, 6.07) is 1.17. The number of aliphatic hydroxyl groups is 1. The number of hydrogen-bond donors (Lipinski definition) is 2. The summed E-state index contributed by atoms with van der Waals surface area (Å²) in [5.41, 5.74) is 0. The molecule has 0 aromatic heterocycles. The summed E-state index contributed by atoms with van der Waals surface area (Å²) in [6.45, 7) is 4.55. The van der Waals surface area contributed by atoms with Crippen LogP contribution in [0.1, 0.15) is 39.5 Å². The Hall–Kier alpha value is -0.0800. The van der Waals surface area contributed by atoms with Gasteiger partial charge in [0.25, 0.3) is 0 Å². The third-order valence-corrected chi connectivity index (χ3v) is 3.00. The zero-order chi connectivity index (χ0) is 8.97. The van der Waals surface area contributed by atoms with Crippen molar-refractivity contribution in [2.75, 3.05) is 6.61 Å². The van der Waals surface area contributed by atoms with Crippen LogP contribution in [0.3, 0.4) is 0 Å². The molecule has 12 heavy (non-hydrogen) atoms. The molecule has 0 spiro atoms. The first-order valence-corrected chi connectivity index (χ1v) is 5.11. The average Bonchev–Trinajstić information content (AvgIpc) is 2.55. The van der Waals surface area contributed by atoms with E-state index in [-0.39, 0.29) is 0 Å². The van der Waals surface area contributed by atoms with Gasteiger partial charge in [-0.1, -0.05) is 19.8 Å². The maximum atomic E-state index is 8.94. The van der Waals surface area contributed by atoms with Crippen molar-refractivity contribution in [1.82, 2.24) is 5.32 Å². The molecule has 0 aromatic rings. The first-order chi connectivity index (χ1) is 5.74. The first kappa shape index (κ1) is 10.0. The summed E-state index contributed by atoms with van der Waals surface area (Å²) in [7, 11) is 0. The third-order valence-electron chi connectivity index (χ3n) is 3.00. The lowest BCUT2D eigenvalue weighted by molar-refractivity contribution is 0.201. The first-order valence-electron chi connectivity index (χ1n) is 5.11. The van der Waals surface area contributed by atoms with Gasteiger partial charge in [0, 0.05) is 18.7 Å². The minimum absolute atomic E-state index is 0.293. The standard InChI is InChI=1S/C10H21NO/c1-8(7-12)9(2)11-10-5-3-4-6-10/h8-12H,3-7H2,1-2H3. The maximum absolute atomic E-state index is 8.94. The van der Waals surface area contributed by atoms with Gasteiger partial charge in [0.15, 0.2) is 0 Å². The monoisotopic (exact) mass is 171 g/mol. The van der Waals surface area contributed by atoms with Crippen LogP contribution in [0.25, 0.3) is 0 Å². The molecule has 0 amide bonds. The Labute approximate surface area is 75.4 Å². The van der Waals surface area contributed by atoms with E-state index in [1.54, 1.807) is 0 Å². The van der Waals surface area contributed by atoms with Gasteiger partial charge in [-0.2, -0.15) is 0 Å². The van der Waals surface area contributed by atoms with Gasteiger partial charge in [-0.15, -0.1) is 0 Å². The summed E-state index contributed by atoms with van der Waals surface area (Å²) < 4.78 is 0.